The summed E-state index contributed by atoms with van der Waals surface area (Å²) in [4.78, 5) is 2.08. The van der Waals surface area contributed by atoms with Crippen molar-refractivity contribution in [2.75, 3.05) is 19.0 Å². The fourth-order valence-corrected chi connectivity index (χ4v) is 1.78. The van der Waals surface area contributed by atoms with Crippen LogP contribution in [0.3, 0.4) is 0 Å². The van der Waals surface area contributed by atoms with E-state index in [9.17, 15) is 0 Å². The predicted molar refractivity (Wildman–Crippen MR) is 92.1 cm³/mol. The first-order valence-electron chi connectivity index (χ1n) is 6.99. The van der Waals surface area contributed by atoms with Crippen LogP contribution in [0, 0.1) is 22.7 Å². The zero-order valence-corrected chi connectivity index (χ0v) is 13.6. The monoisotopic (exact) mass is 305 g/mol. The number of nitrogens with zero attached hydrogens (tertiary/aromatic N) is 3. The summed E-state index contributed by atoms with van der Waals surface area (Å²) in [5, 5.41) is 17.3. The molecule has 0 N–H and O–H groups in total. The molecule has 0 bridgehead atoms. The number of benzene rings is 1. The van der Waals surface area contributed by atoms with Gasteiger partial charge in [0.1, 0.15) is 29.2 Å². The average Bonchev–Trinajstić information content (AvgIpc) is 2.57. The minimum Gasteiger partial charge on any atom is -0.462 e. The highest BCUT2D eigenvalue weighted by Gasteiger charge is 2.09. The van der Waals surface area contributed by atoms with Gasteiger partial charge in [-0.3, -0.25) is 0 Å². The Hall–Kier alpha value is -3.24. The number of para-hydroxylation sites is 1. The van der Waals surface area contributed by atoms with E-state index in [2.05, 4.69) is 23.6 Å². The fraction of sp³-hybridized carbons (Fsp3) is 0.158. The molecular formula is C19H19N3O. The summed E-state index contributed by atoms with van der Waals surface area (Å²) in [6.07, 6.45) is 4.79. The highest BCUT2D eigenvalue weighted by atomic mass is 16.5. The number of allylic oxidation sites excluding steroid dienone is 6. The van der Waals surface area contributed by atoms with Crippen LogP contribution in [0.25, 0.3) is 0 Å². The Morgan fingerprint density at radius 2 is 1.74 bits per heavy atom. The molecule has 1 aromatic rings. The van der Waals surface area contributed by atoms with Gasteiger partial charge in [-0.1, -0.05) is 24.8 Å². The van der Waals surface area contributed by atoms with Gasteiger partial charge in [0.15, 0.2) is 0 Å². The number of rotatable bonds is 2. The van der Waals surface area contributed by atoms with Gasteiger partial charge in [-0.15, -0.1) is 0 Å². The lowest BCUT2D eigenvalue weighted by Gasteiger charge is -2.12. The molecule has 1 heterocycles. The van der Waals surface area contributed by atoms with E-state index in [4.69, 9.17) is 15.3 Å². The number of anilines is 1. The minimum atomic E-state index is 0.0759. The lowest BCUT2D eigenvalue weighted by Crippen LogP contribution is -2.07. The van der Waals surface area contributed by atoms with Gasteiger partial charge < -0.3 is 9.64 Å². The van der Waals surface area contributed by atoms with Crippen molar-refractivity contribution in [2.24, 2.45) is 0 Å². The molecule has 4 heteroatoms. The molecule has 0 saturated heterocycles. The van der Waals surface area contributed by atoms with Crippen LogP contribution < -0.4 is 4.90 Å². The first-order valence-corrected chi connectivity index (χ1v) is 6.99. The van der Waals surface area contributed by atoms with Crippen molar-refractivity contribution < 1.29 is 4.74 Å². The van der Waals surface area contributed by atoms with E-state index in [1.165, 1.54) is 11.8 Å². The Morgan fingerprint density at radius 3 is 2.17 bits per heavy atom. The molecule has 1 aromatic carbocycles. The van der Waals surface area contributed by atoms with Gasteiger partial charge in [0, 0.05) is 25.4 Å². The highest BCUT2D eigenvalue weighted by molar-refractivity contribution is 5.52. The summed E-state index contributed by atoms with van der Waals surface area (Å²) in [6.45, 7) is 5.31. The molecule has 0 radical (unpaired) electrons. The Bertz CT molecular complexity index is 710. The van der Waals surface area contributed by atoms with E-state index < -0.39 is 0 Å². The van der Waals surface area contributed by atoms with Gasteiger partial charge in [0.05, 0.1) is 0 Å². The maximum Gasteiger partial charge on any atom is 0.137 e. The largest absolute Gasteiger partial charge is 0.462 e. The van der Waals surface area contributed by atoms with E-state index in [1.807, 2.05) is 44.4 Å². The SMILES string of the molecule is C=CC1=CC(=C(C#N)C#N)C=C(C)O1.CN(C)c1ccccc1. The van der Waals surface area contributed by atoms with Gasteiger partial charge in [-0.25, -0.2) is 0 Å². The summed E-state index contributed by atoms with van der Waals surface area (Å²) in [5.41, 5.74) is 1.89. The van der Waals surface area contributed by atoms with Crippen LogP contribution in [0.1, 0.15) is 6.92 Å². The third-order valence-electron chi connectivity index (χ3n) is 2.92. The Balaban J connectivity index is 0.000000253. The van der Waals surface area contributed by atoms with E-state index in [0.29, 0.717) is 17.1 Å². The van der Waals surface area contributed by atoms with E-state index in [-0.39, 0.29) is 5.57 Å². The molecule has 1 aliphatic heterocycles. The van der Waals surface area contributed by atoms with Crippen LogP contribution in [-0.4, -0.2) is 14.1 Å². The maximum atomic E-state index is 8.67. The molecule has 0 aliphatic carbocycles. The molecule has 0 fully saturated rings. The van der Waals surface area contributed by atoms with Crippen LogP contribution in [0.2, 0.25) is 0 Å². The second kappa shape index (κ2) is 8.92. The Labute approximate surface area is 137 Å². The normalized spacial score (nSPS) is 12.1. The average molecular weight is 305 g/mol. The van der Waals surface area contributed by atoms with Crippen molar-refractivity contribution in [2.45, 2.75) is 6.92 Å². The summed E-state index contributed by atoms with van der Waals surface area (Å²) < 4.78 is 5.26. The van der Waals surface area contributed by atoms with E-state index >= 15 is 0 Å². The summed E-state index contributed by atoms with van der Waals surface area (Å²) in [5.74, 6) is 1.18. The zero-order chi connectivity index (χ0) is 17.2. The minimum absolute atomic E-state index is 0.0759. The number of ether oxygens (including phenoxy) is 1. The van der Waals surface area contributed by atoms with Crippen LogP contribution in [0.15, 0.2) is 77.8 Å². The molecular weight excluding hydrogens is 286 g/mol. The number of nitriles is 2. The van der Waals surface area contributed by atoms with Gasteiger partial charge >= 0.3 is 0 Å². The third kappa shape index (κ3) is 5.57. The Kier molecular flexibility index (Phi) is 6.91. The molecule has 0 spiro atoms. The Morgan fingerprint density at radius 1 is 1.13 bits per heavy atom. The van der Waals surface area contributed by atoms with Gasteiger partial charge in [0.25, 0.3) is 0 Å². The van der Waals surface area contributed by atoms with Crippen LogP contribution >= 0.6 is 0 Å². The summed E-state index contributed by atoms with van der Waals surface area (Å²) in [7, 11) is 4.07. The molecule has 0 amide bonds. The first kappa shape index (κ1) is 17.8. The molecule has 0 unspecified atom stereocenters. The van der Waals surface area contributed by atoms with Crippen molar-refractivity contribution in [1.82, 2.24) is 0 Å². The van der Waals surface area contributed by atoms with Crippen molar-refractivity contribution in [3.05, 3.63) is 77.8 Å². The van der Waals surface area contributed by atoms with Crippen molar-refractivity contribution in [1.29, 1.82) is 10.5 Å². The van der Waals surface area contributed by atoms with Gasteiger partial charge in [-0.2, -0.15) is 10.5 Å². The standard InChI is InChI=1S/C11H8N2O.C8H11N/c1-3-11-5-9(4-8(2)14-11)10(6-12)7-13;1-9(2)8-6-4-3-5-7-8/h3-5H,1H2,2H3;3-7H,1-2H3. The molecule has 0 aromatic heterocycles. The molecule has 4 nitrogen and oxygen atoms in total. The fourth-order valence-electron chi connectivity index (χ4n) is 1.78. The quantitative estimate of drug-likeness (QED) is 0.772. The lowest BCUT2D eigenvalue weighted by molar-refractivity contribution is 0.318. The van der Waals surface area contributed by atoms with E-state index in [1.54, 1.807) is 19.1 Å². The van der Waals surface area contributed by atoms with Crippen LogP contribution in [0.4, 0.5) is 5.69 Å². The van der Waals surface area contributed by atoms with E-state index in [0.717, 1.165) is 0 Å². The van der Waals surface area contributed by atoms with Crippen molar-refractivity contribution >= 4 is 5.69 Å². The topological polar surface area (TPSA) is 60.1 Å². The van der Waals surface area contributed by atoms with Gasteiger partial charge in [-0.05, 0) is 37.3 Å². The summed E-state index contributed by atoms with van der Waals surface area (Å²) >= 11 is 0. The second-order valence-electron chi connectivity index (χ2n) is 4.89. The maximum absolute atomic E-state index is 8.67. The molecule has 116 valence electrons. The number of hydrogen-bond donors (Lipinski definition) is 0. The zero-order valence-electron chi connectivity index (χ0n) is 13.6. The predicted octanol–water partition coefficient (Wildman–Crippen LogP) is 4.09. The second-order valence-corrected chi connectivity index (χ2v) is 4.89. The summed E-state index contributed by atoms with van der Waals surface area (Å²) in [6, 6.07) is 13.9. The smallest absolute Gasteiger partial charge is 0.137 e. The molecule has 2 rings (SSSR count). The van der Waals surface area contributed by atoms with Crippen molar-refractivity contribution in [3.8, 4) is 12.1 Å². The molecule has 1 aliphatic rings. The lowest BCUT2D eigenvalue weighted by atomic mass is 10.1. The van der Waals surface area contributed by atoms with Crippen LogP contribution in [-0.2, 0) is 4.74 Å². The van der Waals surface area contributed by atoms with Crippen LogP contribution in [0.5, 0.6) is 0 Å². The number of hydrogen-bond acceptors (Lipinski definition) is 4. The van der Waals surface area contributed by atoms with Crippen molar-refractivity contribution in [3.63, 3.8) is 0 Å². The first-order chi connectivity index (χ1) is 11.0. The third-order valence-corrected chi connectivity index (χ3v) is 2.92. The van der Waals surface area contributed by atoms with Gasteiger partial charge in [0.2, 0.25) is 0 Å². The molecule has 0 atom stereocenters. The highest BCUT2D eigenvalue weighted by Crippen LogP contribution is 2.21. The molecule has 23 heavy (non-hydrogen) atoms. The molecule has 0 saturated carbocycles.